The van der Waals surface area contributed by atoms with Gasteiger partial charge in [0, 0.05) is 23.1 Å². The Balaban J connectivity index is 2.15. The highest BCUT2D eigenvalue weighted by atomic mass is 16.3. The first kappa shape index (κ1) is 16.3. The van der Waals surface area contributed by atoms with Crippen LogP contribution in [0.25, 0.3) is 22.1 Å². The Bertz CT molecular complexity index is 890. The Kier molecular flexibility index (Phi) is 4.45. The number of allylic oxidation sites excluding steroid dienone is 1. The van der Waals surface area contributed by atoms with Gasteiger partial charge in [-0.2, -0.15) is 0 Å². The van der Waals surface area contributed by atoms with Crippen molar-refractivity contribution < 1.29 is 9.52 Å². The molecule has 24 heavy (non-hydrogen) atoms. The summed E-state index contributed by atoms with van der Waals surface area (Å²) in [6, 6.07) is 12.1. The van der Waals surface area contributed by atoms with Gasteiger partial charge in [0.05, 0.1) is 0 Å². The Labute approximate surface area is 142 Å². The van der Waals surface area contributed by atoms with Crippen LogP contribution in [-0.4, -0.2) is 24.1 Å². The molecule has 0 spiro atoms. The summed E-state index contributed by atoms with van der Waals surface area (Å²) in [7, 11) is 4.00. The van der Waals surface area contributed by atoms with Crippen LogP contribution in [0.5, 0.6) is 5.75 Å². The van der Waals surface area contributed by atoms with Gasteiger partial charge in [0.2, 0.25) is 0 Å². The molecule has 0 radical (unpaired) electrons. The second kappa shape index (κ2) is 6.54. The van der Waals surface area contributed by atoms with Crippen molar-refractivity contribution >= 4 is 11.0 Å². The molecular formula is C21H23NO2. The zero-order valence-electron chi connectivity index (χ0n) is 14.5. The molecule has 0 fully saturated rings. The lowest BCUT2D eigenvalue weighted by molar-refractivity contribution is 0.386. The lowest BCUT2D eigenvalue weighted by Gasteiger charge is -2.16. The van der Waals surface area contributed by atoms with Crippen molar-refractivity contribution in [2.24, 2.45) is 0 Å². The maximum Gasteiger partial charge on any atom is 0.134 e. The first-order valence-electron chi connectivity index (χ1n) is 8.09. The quantitative estimate of drug-likeness (QED) is 0.679. The van der Waals surface area contributed by atoms with Crippen LogP contribution in [0.4, 0.5) is 0 Å². The molecule has 0 aliphatic heterocycles. The van der Waals surface area contributed by atoms with Gasteiger partial charge in [-0.3, -0.25) is 0 Å². The van der Waals surface area contributed by atoms with Crippen LogP contribution >= 0.6 is 0 Å². The van der Waals surface area contributed by atoms with Gasteiger partial charge >= 0.3 is 0 Å². The first-order chi connectivity index (χ1) is 11.5. The molecule has 3 aromatic rings. The third-order valence-electron chi connectivity index (χ3n) is 4.07. The average Bonchev–Trinajstić information content (AvgIpc) is 2.89. The van der Waals surface area contributed by atoms with E-state index in [0.29, 0.717) is 12.3 Å². The highest BCUT2D eigenvalue weighted by Gasteiger charge is 2.13. The van der Waals surface area contributed by atoms with Crippen LogP contribution in [0.3, 0.4) is 0 Å². The first-order valence-corrected chi connectivity index (χ1v) is 8.09. The molecule has 0 saturated heterocycles. The Hall–Kier alpha value is -2.52. The van der Waals surface area contributed by atoms with Crippen LogP contribution in [0.15, 0.2) is 53.5 Å². The van der Waals surface area contributed by atoms with Gasteiger partial charge in [-0.05, 0) is 62.8 Å². The molecule has 1 heterocycles. The van der Waals surface area contributed by atoms with E-state index in [4.69, 9.17) is 4.42 Å². The molecule has 1 N–H and O–H groups in total. The zero-order valence-corrected chi connectivity index (χ0v) is 14.5. The van der Waals surface area contributed by atoms with E-state index < -0.39 is 0 Å². The number of phenols is 1. The van der Waals surface area contributed by atoms with Gasteiger partial charge in [0.15, 0.2) is 0 Å². The number of phenolic OH excluding ortho intramolecular Hbond substituents is 1. The van der Waals surface area contributed by atoms with Gasteiger partial charge < -0.3 is 14.4 Å². The van der Waals surface area contributed by atoms with Crippen molar-refractivity contribution in [1.82, 2.24) is 4.90 Å². The fourth-order valence-corrected chi connectivity index (χ4v) is 3.07. The smallest absolute Gasteiger partial charge is 0.134 e. The summed E-state index contributed by atoms with van der Waals surface area (Å²) in [6.07, 6.45) is 2.67. The SMILES string of the molecule is C=CCc1cc(CN(C)C)c(O)c(-c2ccc3oc(C)cc3c2)c1. The average molecular weight is 321 g/mol. The lowest BCUT2D eigenvalue weighted by Crippen LogP contribution is -2.11. The maximum absolute atomic E-state index is 10.8. The van der Waals surface area contributed by atoms with Gasteiger partial charge in [-0.25, -0.2) is 0 Å². The van der Waals surface area contributed by atoms with Gasteiger partial charge in [0.1, 0.15) is 17.1 Å². The molecular weight excluding hydrogens is 298 g/mol. The van der Waals surface area contributed by atoms with E-state index in [-0.39, 0.29) is 0 Å². The van der Waals surface area contributed by atoms with E-state index in [1.807, 2.05) is 51.4 Å². The number of fused-ring (bicyclic) bond motifs is 1. The third-order valence-corrected chi connectivity index (χ3v) is 4.07. The number of hydrogen-bond acceptors (Lipinski definition) is 3. The van der Waals surface area contributed by atoms with Crippen LogP contribution < -0.4 is 0 Å². The van der Waals surface area contributed by atoms with Crippen molar-refractivity contribution in [3.8, 4) is 16.9 Å². The Morgan fingerprint density at radius 1 is 1.17 bits per heavy atom. The Morgan fingerprint density at radius 3 is 2.67 bits per heavy atom. The predicted molar refractivity (Wildman–Crippen MR) is 99.3 cm³/mol. The molecule has 124 valence electrons. The summed E-state index contributed by atoms with van der Waals surface area (Å²) in [5, 5.41) is 11.8. The van der Waals surface area contributed by atoms with Gasteiger partial charge in [0.25, 0.3) is 0 Å². The number of aromatic hydroxyl groups is 1. The molecule has 3 heteroatoms. The minimum Gasteiger partial charge on any atom is -0.507 e. The van der Waals surface area contributed by atoms with Crippen molar-refractivity contribution in [2.45, 2.75) is 19.9 Å². The fraction of sp³-hybridized carbons (Fsp3) is 0.238. The van der Waals surface area contributed by atoms with E-state index in [2.05, 4.69) is 23.6 Å². The summed E-state index contributed by atoms with van der Waals surface area (Å²) in [6.45, 7) is 6.46. The predicted octanol–water partition coefficient (Wildman–Crippen LogP) is 4.90. The number of benzene rings is 2. The number of rotatable bonds is 5. The molecule has 0 atom stereocenters. The number of aryl methyl sites for hydroxylation is 1. The van der Waals surface area contributed by atoms with Crippen LogP contribution in [0.1, 0.15) is 16.9 Å². The number of nitrogens with zero attached hydrogens (tertiary/aromatic N) is 1. The molecule has 0 bridgehead atoms. The van der Waals surface area contributed by atoms with Crippen molar-refractivity contribution in [3.63, 3.8) is 0 Å². The molecule has 0 amide bonds. The van der Waals surface area contributed by atoms with Crippen LogP contribution in [0.2, 0.25) is 0 Å². The molecule has 0 aliphatic carbocycles. The van der Waals surface area contributed by atoms with E-state index in [1.54, 1.807) is 0 Å². The van der Waals surface area contributed by atoms with E-state index in [0.717, 1.165) is 45.4 Å². The molecule has 0 saturated carbocycles. The van der Waals surface area contributed by atoms with Crippen molar-refractivity contribution in [3.05, 3.63) is 65.9 Å². The molecule has 3 rings (SSSR count). The third kappa shape index (κ3) is 3.22. The number of furan rings is 1. The van der Waals surface area contributed by atoms with E-state index >= 15 is 0 Å². The summed E-state index contributed by atoms with van der Waals surface area (Å²) >= 11 is 0. The summed E-state index contributed by atoms with van der Waals surface area (Å²) in [5.74, 6) is 1.23. The summed E-state index contributed by atoms with van der Waals surface area (Å²) in [5.41, 5.74) is 4.79. The molecule has 2 aromatic carbocycles. The van der Waals surface area contributed by atoms with Crippen molar-refractivity contribution in [2.75, 3.05) is 14.1 Å². The standard InChI is InChI=1S/C21H23NO2/c1-5-6-15-10-18(13-22(3)4)21(23)19(11-15)16-7-8-20-17(12-16)9-14(2)24-20/h5,7-12,23H,1,6,13H2,2-4H3. The Morgan fingerprint density at radius 2 is 1.96 bits per heavy atom. The summed E-state index contributed by atoms with van der Waals surface area (Å²) in [4.78, 5) is 2.05. The normalized spacial score (nSPS) is 11.3. The molecule has 1 aromatic heterocycles. The minimum atomic E-state index is 0.344. The second-order valence-electron chi connectivity index (χ2n) is 6.49. The largest absolute Gasteiger partial charge is 0.507 e. The van der Waals surface area contributed by atoms with Gasteiger partial charge in [-0.15, -0.1) is 6.58 Å². The highest BCUT2D eigenvalue weighted by Crippen LogP contribution is 2.36. The maximum atomic E-state index is 10.8. The zero-order chi connectivity index (χ0) is 17.3. The second-order valence-corrected chi connectivity index (χ2v) is 6.49. The minimum absolute atomic E-state index is 0.344. The molecule has 0 unspecified atom stereocenters. The molecule has 3 nitrogen and oxygen atoms in total. The van der Waals surface area contributed by atoms with E-state index in [1.165, 1.54) is 0 Å². The lowest BCUT2D eigenvalue weighted by atomic mass is 9.96. The summed E-state index contributed by atoms with van der Waals surface area (Å²) < 4.78 is 5.65. The van der Waals surface area contributed by atoms with Crippen LogP contribution in [-0.2, 0) is 13.0 Å². The number of hydrogen-bond donors (Lipinski definition) is 1. The van der Waals surface area contributed by atoms with Crippen LogP contribution in [0, 0.1) is 6.92 Å². The highest BCUT2D eigenvalue weighted by molar-refractivity contribution is 5.86. The topological polar surface area (TPSA) is 36.6 Å². The monoisotopic (exact) mass is 321 g/mol. The molecule has 0 aliphatic rings. The fourth-order valence-electron chi connectivity index (χ4n) is 3.07. The van der Waals surface area contributed by atoms with Crippen molar-refractivity contribution in [1.29, 1.82) is 0 Å². The van der Waals surface area contributed by atoms with E-state index in [9.17, 15) is 5.11 Å². The van der Waals surface area contributed by atoms with Gasteiger partial charge in [-0.1, -0.05) is 18.2 Å².